The highest BCUT2D eigenvalue weighted by molar-refractivity contribution is 5.64. The molecule has 0 atom stereocenters. The van der Waals surface area contributed by atoms with Crippen LogP contribution in [0.4, 0.5) is 5.82 Å². The summed E-state index contributed by atoms with van der Waals surface area (Å²) < 4.78 is 3.73. The minimum atomic E-state index is 0.300. The van der Waals surface area contributed by atoms with Gasteiger partial charge in [-0.25, -0.2) is 14.2 Å². The number of imidazole rings is 1. The largest absolute Gasteiger partial charge is 0.396 e. The summed E-state index contributed by atoms with van der Waals surface area (Å²) in [6, 6.07) is 14.5. The van der Waals surface area contributed by atoms with E-state index in [0.29, 0.717) is 18.6 Å². The number of fused-ring (bicyclic) bond motifs is 1. The molecule has 29 heavy (non-hydrogen) atoms. The first-order valence-electron chi connectivity index (χ1n) is 10.1. The molecule has 1 fully saturated rings. The quantitative estimate of drug-likeness (QED) is 0.547. The molecule has 148 valence electrons. The number of anilines is 1. The highest BCUT2D eigenvalue weighted by Gasteiger charge is 2.21. The van der Waals surface area contributed by atoms with E-state index in [-0.39, 0.29) is 0 Å². The first-order valence-corrected chi connectivity index (χ1v) is 10.1. The SMILES string of the molecule is OCC1CCC(Nc2ccc3ncc(-c4ccc(-n5cccn5)cc4)n3n2)CC1. The van der Waals surface area contributed by atoms with Crippen LogP contribution in [0.1, 0.15) is 25.7 Å². The molecule has 1 aromatic carbocycles. The van der Waals surface area contributed by atoms with E-state index in [1.165, 1.54) is 0 Å². The summed E-state index contributed by atoms with van der Waals surface area (Å²) in [6.07, 6.45) is 9.82. The van der Waals surface area contributed by atoms with Gasteiger partial charge < -0.3 is 10.4 Å². The van der Waals surface area contributed by atoms with Crippen LogP contribution in [0.2, 0.25) is 0 Å². The lowest BCUT2D eigenvalue weighted by atomic mass is 9.86. The monoisotopic (exact) mass is 388 g/mol. The van der Waals surface area contributed by atoms with Gasteiger partial charge in [0.25, 0.3) is 0 Å². The minimum Gasteiger partial charge on any atom is -0.396 e. The van der Waals surface area contributed by atoms with Crippen LogP contribution in [0, 0.1) is 5.92 Å². The summed E-state index contributed by atoms with van der Waals surface area (Å²) in [7, 11) is 0. The van der Waals surface area contributed by atoms with Crippen molar-refractivity contribution in [3.63, 3.8) is 0 Å². The molecular formula is C22H24N6O. The summed E-state index contributed by atoms with van der Waals surface area (Å²) in [4.78, 5) is 4.50. The Balaban J connectivity index is 1.38. The Bertz CT molecular complexity index is 1080. The molecular weight excluding hydrogens is 364 g/mol. The van der Waals surface area contributed by atoms with Crippen LogP contribution in [0.25, 0.3) is 22.6 Å². The maximum atomic E-state index is 9.32. The molecule has 3 heterocycles. The van der Waals surface area contributed by atoms with Gasteiger partial charge in [-0.2, -0.15) is 5.10 Å². The summed E-state index contributed by atoms with van der Waals surface area (Å²) in [5.74, 6) is 1.31. The van der Waals surface area contributed by atoms with Crippen LogP contribution in [0.15, 0.2) is 61.1 Å². The molecule has 3 aromatic heterocycles. The molecule has 7 nitrogen and oxygen atoms in total. The van der Waals surface area contributed by atoms with Gasteiger partial charge in [0, 0.05) is 30.6 Å². The van der Waals surface area contributed by atoms with E-state index in [1.807, 2.05) is 51.9 Å². The summed E-state index contributed by atoms with van der Waals surface area (Å²) >= 11 is 0. The number of aliphatic hydroxyl groups is 1. The van der Waals surface area contributed by atoms with Crippen molar-refractivity contribution in [2.75, 3.05) is 11.9 Å². The molecule has 0 amide bonds. The van der Waals surface area contributed by atoms with E-state index < -0.39 is 0 Å². The van der Waals surface area contributed by atoms with Gasteiger partial charge in [-0.15, -0.1) is 5.10 Å². The fourth-order valence-electron chi connectivity index (χ4n) is 4.05. The van der Waals surface area contributed by atoms with Gasteiger partial charge in [0.15, 0.2) is 5.65 Å². The number of nitrogens with one attached hydrogen (secondary N) is 1. The Morgan fingerprint density at radius 1 is 1.03 bits per heavy atom. The summed E-state index contributed by atoms with van der Waals surface area (Å²) in [5, 5.41) is 21.9. The predicted octanol–water partition coefficient (Wildman–Crippen LogP) is 3.55. The topological polar surface area (TPSA) is 80.3 Å². The predicted molar refractivity (Wildman–Crippen MR) is 112 cm³/mol. The smallest absolute Gasteiger partial charge is 0.154 e. The average Bonchev–Trinajstić information content (AvgIpc) is 3.45. The van der Waals surface area contributed by atoms with Crippen LogP contribution in [0.3, 0.4) is 0 Å². The van der Waals surface area contributed by atoms with Crippen molar-refractivity contribution < 1.29 is 5.11 Å². The van der Waals surface area contributed by atoms with Gasteiger partial charge in [-0.05, 0) is 61.9 Å². The van der Waals surface area contributed by atoms with Gasteiger partial charge in [0.05, 0.1) is 17.6 Å². The molecule has 2 N–H and O–H groups in total. The van der Waals surface area contributed by atoms with Crippen molar-refractivity contribution in [3.8, 4) is 16.9 Å². The molecule has 0 saturated heterocycles. The third-order valence-electron chi connectivity index (χ3n) is 5.75. The van der Waals surface area contributed by atoms with Gasteiger partial charge in [0.1, 0.15) is 5.82 Å². The Kier molecular flexibility index (Phi) is 4.73. The van der Waals surface area contributed by atoms with Gasteiger partial charge >= 0.3 is 0 Å². The lowest BCUT2D eigenvalue weighted by Crippen LogP contribution is -2.27. The van der Waals surface area contributed by atoms with Gasteiger partial charge in [0.2, 0.25) is 0 Å². The number of nitrogens with zero attached hydrogens (tertiary/aromatic N) is 5. The maximum Gasteiger partial charge on any atom is 0.154 e. The number of rotatable bonds is 5. The zero-order chi connectivity index (χ0) is 19.6. The molecule has 1 aliphatic rings. The molecule has 0 unspecified atom stereocenters. The number of benzene rings is 1. The second-order valence-corrected chi connectivity index (χ2v) is 7.67. The van der Waals surface area contributed by atoms with Gasteiger partial charge in [-0.1, -0.05) is 12.1 Å². The lowest BCUT2D eigenvalue weighted by molar-refractivity contribution is 0.185. The second-order valence-electron chi connectivity index (χ2n) is 7.67. The number of aliphatic hydroxyl groups excluding tert-OH is 1. The van der Waals surface area contributed by atoms with Crippen molar-refractivity contribution in [3.05, 3.63) is 61.1 Å². The standard InChI is InChI=1S/C22H24N6O/c29-15-16-2-6-18(7-3-16)25-21-10-11-22-23-14-20(28(22)26-21)17-4-8-19(9-5-17)27-13-1-12-24-27/h1,4-5,8-14,16,18,29H,2-3,6-7,15H2,(H,25,26). The van der Waals surface area contributed by atoms with E-state index in [1.54, 1.807) is 6.20 Å². The highest BCUT2D eigenvalue weighted by atomic mass is 16.3. The molecule has 4 aromatic rings. The third-order valence-corrected chi connectivity index (χ3v) is 5.75. The lowest BCUT2D eigenvalue weighted by Gasteiger charge is -2.28. The van der Waals surface area contributed by atoms with Crippen LogP contribution < -0.4 is 5.32 Å². The first kappa shape index (κ1) is 17.9. The van der Waals surface area contributed by atoms with Crippen LogP contribution in [0.5, 0.6) is 0 Å². The first-order chi connectivity index (χ1) is 14.3. The van der Waals surface area contributed by atoms with E-state index >= 15 is 0 Å². The van der Waals surface area contributed by atoms with Crippen molar-refractivity contribution >= 4 is 11.5 Å². The zero-order valence-corrected chi connectivity index (χ0v) is 16.1. The normalized spacial score (nSPS) is 19.5. The molecule has 5 rings (SSSR count). The summed E-state index contributed by atoms with van der Waals surface area (Å²) in [6.45, 7) is 0.300. The molecule has 1 aliphatic carbocycles. The van der Waals surface area contributed by atoms with E-state index in [9.17, 15) is 5.11 Å². The Morgan fingerprint density at radius 2 is 1.86 bits per heavy atom. The van der Waals surface area contributed by atoms with E-state index in [2.05, 4.69) is 27.5 Å². The number of aromatic nitrogens is 5. The second kappa shape index (κ2) is 7.67. The van der Waals surface area contributed by atoms with Gasteiger partial charge in [-0.3, -0.25) is 0 Å². The van der Waals surface area contributed by atoms with Crippen molar-refractivity contribution in [1.29, 1.82) is 0 Å². The molecule has 0 radical (unpaired) electrons. The number of hydrogen-bond donors (Lipinski definition) is 2. The Hall–Kier alpha value is -3.19. The molecule has 0 bridgehead atoms. The molecule has 1 saturated carbocycles. The highest BCUT2D eigenvalue weighted by Crippen LogP contribution is 2.27. The zero-order valence-electron chi connectivity index (χ0n) is 16.1. The minimum absolute atomic E-state index is 0.300. The summed E-state index contributed by atoms with van der Waals surface area (Å²) in [5.41, 5.74) is 3.85. The van der Waals surface area contributed by atoms with Crippen LogP contribution >= 0.6 is 0 Å². The molecule has 0 aliphatic heterocycles. The molecule has 7 heteroatoms. The fourth-order valence-corrected chi connectivity index (χ4v) is 4.05. The average molecular weight is 388 g/mol. The van der Waals surface area contributed by atoms with Crippen molar-refractivity contribution in [1.82, 2.24) is 24.4 Å². The number of hydrogen-bond acceptors (Lipinski definition) is 5. The third kappa shape index (κ3) is 3.61. The Morgan fingerprint density at radius 3 is 2.59 bits per heavy atom. The van der Waals surface area contributed by atoms with Crippen molar-refractivity contribution in [2.24, 2.45) is 5.92 Å². The fraction of sp³-hybridized carbons (Fsp3) is 0.318. The Labute approximate surface area is 169 Å². The van der Waals surface area contributed by atoms with E-state index in [4.69, 9.17) is 5.10 Å². The molecule has 0 spiro atoms. The van der Waals surface area contributed by atoms with Crippen LogP contribution in [-0.4, -0.2) is 42.1 Å². The van der Waals surface area contributed by atoms with Crippen LogP contribution in [-0.2, 0) is 0 Å². The van der Waals surface area contributed by atoms with E-state index in [0.717, 1.165) is 54.1 Å². The maximum absolute atomic E-state index is 9.32. The van der Waals surface area contributed by atoms with Crippen molar-refractivity contribution in [2.45, 2.75) is 31.7 Å².